The van der Waals surface area contributed by atoms with Crippen LogP contribution in [0.3, 0.4) is 0 Å². The predicted molar refractivity (Wildman–Crippen MR) is 70.7 cm³/mol. The summed E-state index contributed by atoms with van der Waals surface area (Å²) in [6.45, 7) is 5.64. The maximum atomic E-state index is 11.3. The Morgan fingerprint density at radius 2 is 1.94 bits per heavy atom. The highest BCUT2D eigenvalue weighted by molar-refractivity contribution is 5.71. The van der Waals surface area contributed by atoms with Crippen LogP contribution in [0.5, 0.6) is 5.75 Å². The summed E-state index contributed by atoms with van der Waals surface area (Å²) >= 11 is 0. The Bertz CT molecular complexity index is 351. The molecule has 0 unspecified atom stereocenters. The SMILES string of the molecule is COC(=O)CN(CCOc1ccccc1)C(C)C. The molecule has 0 saturated carbocycles. The van der Waals surface area contributed by atoms with Crippen molar-refractivity contribution in [3.05, 3.63) is 30.3 Å². The Hall–Kier alpha value is -1.55. The first-order valence-electron chi connectivity index (χ1n) is 6.12. The zero-order valence-corrected chi connectivity index (χ0v) is 11.3. The molecule has 4 nitrogen and oxygen atoms in total. The van der Waals surface area contributed by atoms with Crippen LogP contribution in [-0.4, -0.2) is 43.7 Å². The third kappa shape index (κ3) is 5.19. The van der Waals surface area contributed by atoms with Crippen LogP contribution in [0.4, 0.5) is 0 Å². The van der Waals surface area contributed by atoms with E-state index in [1.807, 2.05) is 49.1 Å². The van der Waals surface area contributed by atoms with Gasteiger partial charge in [-0.1, -0.05) is 18.2 Å². The molecule has 1 rings (SSSR count). The predicted octanol–water partition coefficient (Wildman–Crippen LogP) is 1.95. The summed E-state index contributed by atoms with van der Waals surface area (Å²) in [5, 5.41) is 0. The number of carbonyl (C=O) groups excluding carboxylic acids is 1. The van der Waals surface area contributed by atoms with E-state index >= 15 is 0 Å². The van der Waals surface area contributed by atoms with Crippen LogP contribution >= 0.6 is 0 Å². The fraction of sp³-hybridized carbons (Fsp3) is 0.500. The van der Waals surface area contributed by atoms with Gasteiger partial charge < -0.3 is 9.47 Å². The fourth-order valence-electron chi connectivity index (χ4n) is 1.55. The van der Waals surface area contributed by atoms with Crippen molar-refractivity contribution in [1.82, 2.24) is 4.90 Å². The molecule has 0 bridgehead atoms. The highest BCUT2D eigenvalue weighted by Crippen LogP contribution is 2.08. The molecule has 0 spiro atoms. The van der Waals surface area contributed by atoms with Crippen LogP contribution in [0, 0.1) is 0 Å². The van der Waals surface area contributed by atoms with Crippen LogP contribution in [0.15, 0.2) is 30.3 Å². The van der Waals surface area contributed by atoms with Crippen molar-refractivity contribution in [2.24, 2.45) is 0 Å². The number of carbonyl (C=O) groups is 1. The molecular weight excluding hydrogens is 230 g/mol. The third-order valence-electron chi connectivity index (χ3n) is 2.68. The molecule has 1 aromatic carbocycles. The van der Waals surface area contributed by atoms with Gasteiger partial charge in [-0.25, -0.2) is 0 Å². The Kier molecular flexibility index (Phi) is 6.22. The second-order valence-electron chi connectivity index (χ2n) is 4.30. The number of esters is 1. The van der Waals surface area contributed by atoms with Crippen LogP contribution in [-0.2, 0) is 9.53 Å². The highest BCUT2D eigenvalue weighted by Gasteiger charge is 2.14. The molecule has 0 aliphatic heterocycles. The van der Waals surface area contributed by atoms with Gasteiger partial charge in [-0.3, -0.25) is 9.69 Å². The summed E-state index contributed by atoms with van der Waals surface area (Å²) in [5.41, 5.74) is 0. The molecule has 1 aromatic rings. The zero-order valence-electron chi connectivity index (χ0n) is 11.3. The average Bonchev–Trinajstić information content (AvgIpc) is 2.38. The lowest BCUT2D eigenvalue weighted by Gasteiger charge is -2.24. The number of para-hydroxylation sites is 1. The number of benzene rings is 1. The minimum absolute atomic E-state index is 0.219. The molecule has 0 aromatic heterocycles. The molecule has 0 amide bonds. The van der Waals surface area contributed by atoms with Crippen molar-refractivity contribution in [2.75, 3.05) is 26.8 Å². The van der Waals surface area contributed by atoms with Crippen molar-refractivity contribution in [1.29, 1.82) is 0 Å². The summed E-state index contributed by atoms with van der Waals surface area (Å²) in [4.78, 5) is 13.3. The molecule has 18 heavy (non-hydrogen) atoms. The first-order chi connectivity index (χ1) is 8.63. The first kappa shape index (κ1) is 14.5. The Morgan fingerprint density at radius 3 is 2.50 bits per heavy atom. The van der Waals surface area contributed by atoms with Gasteiger partial charge >= 0.3 is 5.97 Å². The number of ether oxygens (including phenoxy) is 2. The van der Waals surface area contributed by atoms with Gasteiger partial charge in [0, 0.05) is 12.6 Å². The molecule has 0 radical (unpaired) electrons. The number of rotatable bonds is 7. The lowest BCUT2D eigenvalue weighted by Crippen LogP contribution is -2.38. The Balaban J connectivity index is 2.36. The number of hydrogen-bond acceptors (Lipinski definition) is 4. The summed E-state index contributed by atoms with van der Waals surface area (Å²) < 4.78 is 10.3. The molecule has 0 saturated heterocycles. The molecule has 4 heteroatoms. The maximum Gasteiger partial charge on any atom is 0.319 e. The van der Waals surface area contributed by atoms with Gasteiger partial charge in [0.2, 0.25) is 0 Å². The second-order valence-corrected chi connectivity index (χ2v) is 4.30. The molecule has 0 atom stereocenters. The monoisotopic (exact) mass is 251 g/mol. The van der Waals surface area contributed by atoms with E-state index in [1.54, 1.807) is 0 Å². The van der Waals surface area contributed by atoms with E-state index in [0.717, 1.165) is 5.75 Å². The van der Waals surface area contributed by atoms with Crippen LogP contribution < -0.4 is 4.74 Å². The zero-order chi connectivity index (χ0) is 13.4. The van der Waals surface area contributed by atoms with Crippen molar-refractivity contribution in [2.45, 2.75) is 19.9 Å². The van der Waals surface area contributed by atoms with E-state index in [-0.39, 0.29) is 12.0 Å². The van der Waals surface area contributed by atoms with Gasteiger partial charge in [-0.2, -0.15) is 0 Å². The summed E-state index contributed by atoms with van der Waals surface area (Å²) in [7, 11) is 1.40. The van der Waals surface area contributed by atoms with E-state index in [0.29, 0.717) is 19.7 Å². The van der Waals surface area contributed by atoms with E-state index in [9.17, 15) is 4.79 Å². The molecule has 0 fully saturated rings. The van der Waals surface area contributed by atoms with Gasteiger partial charge in [0.1, 0.15) is 12.4 Å². The second kappa shape index (κ2) is 7.71. The highest BCUT2D eigenvalue weighted by atomic mass is 16.5. The van der Waals surface area contributed by atoms with Crippen molar-refractivity contribution in [3.63, 3.8) is 0 Å². The van der Waals surface area contributed by atoms with Crippen molar-refractivity contribution < 1.29 is 14.3 Å². The molecule has 100 valence electrons. The van der Waals surface area contributed by atoms with Gasteiger partial charge in [0.25, 0.3) is 0 Å². The van der Waals surface area contributed by atoms with Gasteiger partial charge in [0.05, 0.1) is 13.7 Å². The number of nitrogens with zero attached hydrogens (tertiary/aromatic N) is 1. The number of methoxy groups -OCH3 is 1. The molecule has 0 heterocycles. The lowest BCUT2D eigenvalue weighted by molar-refractivity contribution is -0.142. The minimum atomic E-state index is -0.219. The van der Waals surface area contributed by atoms with Gasteiger partial charge in [0.15, 0.2) is 0 Å². The van der Waals surface area contributed by atoms with Gasteiger partial charge in [-0.15, -0.1) is 0 Å². The van der Waals surface area contributed by atoms with Crippen LogP contribution in [0.25, 0.3) is 0 Å². The smallest absolute Gasteiger partial charge is 0.319 e. The van der Waals surface area contributed by atoms with Gasteiger partial charge in [-0.05, 0) is 26.0 Å². The Labute approximate surface area is 108 Å². The first-order valence-corrected chi connectivity index (χ1v) is 6.12. The van der Waals surface area contributed by atoms with Crippen LogP contribution in [0.2, 0.25) is 0 Å². The number of hydrogen-bond donors (Lipinski definition) is 0. The topological polar surface area (TPSA) is 38.8 Å². The lowest BCUT2D eigenvalue weighted by atomic mass is 10.3. The normalized spacial score (nSPS) is 10.7. The molecule has 0 aliphatic carbocycles. The maximum absolute atomic E-state index is 11.3. The quantitative estimate of drug-likeness (QED) is 0.694. The third-order valence-corrected chi connectivity index (χ3v) is 2.68. The van der Waals surface area contributed by atoms with Crippen LogP contribution in [0.1, 0.15) is 13.8 Å². The summed E-state index contributed by atoms with van der Waals surface area (Å²) in [5.74, 6) is 0.627. The van der Waals surface area contributed by atoms with E-state index in [4.69, 9.17) is 4.74 Å². The summed E-state index contributed by atoms with van der Waals surface area (Å²) in [6, 6.07) is 9.93. The largest absolute Gasteiger partial charge is 0.492 e. The van der Waals surface area contributed by atoms with E-state index in [1.165, 1.54) is 7.11 Å². The fourth-order valence-corrected chi connectivity index (χ4v) is 1.55. The summed E-state index contributed by atoms with van der Waals surface area (Å²) in [6.07, 6.45) is 0. The Morgan fingerprint density at radius 1 is 1.28 bits per heavy atom. The minimum Gasteiger partial charge on any atom is -0.492 e. The molecule has 0 aliphatic rings. The van der Waals surface area contributed by atoms with E-state index in [2.05, 4.69) is 4.74 Å². The van der Waals surface area contributed by atoms with Crippen molar-refractivity contribution in [3.8, 4) is 5.75 Å². The molecule has 0 N–H and O–H groups in total. The van der Waals surface area contributed by atoms with E-state index < -0.39 is 0 Å². The molecular formula is C14H21NO3. The average molecular weight is 251 g/mol. The van der Waals surface area contributed by atoms with Crippen molar-refractivity contribution >= 4 is 5.97 Å². The standard InChI is InChI=1S/C14H21NO3/c1-12(2)15(11-14(16)17-3)9-10-18-13-7-5-4-6-8-13/h4-8,12H,9-11H2,1-3H3.